The van der Waals surface area contributed by atoms with Crippen molar-refractivity contribution in [2.24, 2.45) is 0 Å². The molecule has 1 aliphatic carbocycles. The second-order valence-electron chi connectivity index (χ2n) is 6.01. The lowest BCUT2D eigenvalue weighted by atomic mass is 9.90. The van der Waals surface area contributed by atoms with Crippen molar-refractivity contribution in [2.75, 3.05) is 0 Å². The summed E-state index contributed by atoms with van der Waals surface area (Å²) in [4.78, 5) is 16.9. The molecule has 6 nitrogen and oxygen atoms in total. The number of aryl methyl sites for hydroxylation is 1. The van der Waals surface area contributed by atoms with E-state index < -0.39 is 0 Å². The number of fused-ring (bicyclic) bond motifs is 1. The van der Waals surface area contributed by atoms with E-state index in [1.807, 2.05) is 24.3 Å². The van der Waals surface area contributed by atoms with Gasteiger partial charge in [-0.2, -0.15) is 0 Å². The maximum atomic E-state index is 10.1. The molecular weight excluding hydrogens is 316 g/mol. The van der Waals surface area contributed by atoms with Crippen LogP contribution in [0.25, 0.3) is 11.1 Å². The van der Waals surface area contributed by atoms with Crippen LogP contribution in [0.2, 0.25) is 0 Å². The molecule has 3 heterocycles. The molecule has 1 aliphatic rings. The first-order valence-electron chi connectivity index (χ1n) is 8.36. The number of pyridine rings is 2. The van der Waals surface area contributed by atoms with E-state index in [2.05, 4.69) is 19.9 Å². The minimum atomic E-state index is -0.0235. The highest BCUT2D eigenvalue weighted by Gasteiger charge is 2.20. The molecule has 3 aromatic rings. The number of hydrogen-bond acceptors (Lipinski definition) is 6. The Balaban J connectivity index is 1.71. The summed E-state index contributed by atoms with van der Waals surface area (Å²) in [5.74, 6) is 0.509. The molecule has 1 N–H and O–H groups in total. The predicted octanol–water partition coefficient (Wildman–Crippen LogP) is 3.10. The van der Waals surface area contributed by atoms with Gasteiger partial charge in [0, 0.05) is 24.2 Å². The van der Waals surface area contributed by atoms with E-state index in [0.717, 1.165) is 48.2 Å². The molecule has 0 aliphatic heterocycles. The molecule has 0 saturated heterocycles. The van der Waals surface area contributed by atoms with Crippen LogP contribution in [0.3, 0.4) is 0 Å². The van der Waals surface area contributed by atoms with Crippen molar-refractivity contribution in [3.8, 4) is 22.9 Å². The Morgan fingerprint density at radius 3 is 2.84 bits per heavy atom. The maximum Gasteiger partial charge on any atom is 0.221 e. The quantitative estimate of drug-likeness (QED) is 0.789. The highest BCUT2D eigenvalue weighted by atomic mass is 16.5. The molecule has 0 amide bonds. The third kappa shape index (κ3) is 3.28. The largest absolute Gasteiger partial charge is 0.493 e. The summed E-state index contributed by atoms with van der Waals surface area (Å²) in [5, 5.41) is 10.1. The van der Waals surface area contributed by atoms with E-state index in [0.29, 0.717) is 18.1 Å². The van der Waals surface area contributed by atoms with E-state index in [-0.39, 0.29) is 5.88 Å². The molecule has 6 heteroatoms. The summed E-state index contributed by atoms with van der Waals surface area (Å²) in [6, 6.07) is 7.58. The van der Waals surface area contributed by atoms with Crippen molar-refractivity contribution in [3.63, 3.8) is 0 Å². The zero-order valence-corrected chi connectivity index (χ0v) is 13.7. The van der Waals surface area contributed by atoms with Crippen molar-refractivity contribution in [3.05, 3.63) is 59.9 Å². The molecule has 0 atom stereocenters. The van der Waals surface area contributed by atoms with Crippen LogP contribution >= 0.6 is 0 Å². The van der Waals surface area contributed by atoms with Crippen LogP contribution in [0.5, 0.6) is 11.8 Å². The summed E-state index contributed by atoms with van der Waals surface area (Å²) in [5.41, 5.74) is 4.54. The van der Waals surface area contributed by atoms with Crippen LogP contribution in [0.1, 0.15) is 29.8 Å². The molecule has 0 aromatic carbocycles. The normalized spacial score (nSPS) is 13.3. The summed E-state index contributed by atoms with van der Waals surface area (Å²) < 4.78 is 5.86. The molecule has 0 unspecified atom stereocenters. The Labute approximate surface area is 145 Å². The van der Waals surface area contributed by atoms with Gasteiger partial charge in [-0.3, -0.25) is 4.98 Å². The number of rotatable bonds is 4. The Hall–Kier alpha value is -3.02. The molecule has 0 radical (unpaired) electrons. The van der Waals surface area contributed by atoms with Crippen LogP contribution < -0.4 is 4.74 Å². The molecule has 4 rings (SSSR count). The van der Waals surface area contributed by atoms with E-state index in [9.17, 15) is 5.11 Å². The molecule has 0 bridgehead atoms. The number of aromatic hydroxyl groups is 1. The lowest BCUT2D eigenvalue weighted by molar-refractivity contribution is 0.288. The van der Waals surface area contributed by atoms with Gasteiger partial charge in [0.1, 0.15) is 12.9 Å². The van der Waals surface area contributed by atoms with E-state index in [1.54, 1.807) is 12.4 Å². The Morgan fingerprint density at radius 2 is 2.00 bits per heavy atom. The van der Waals surface area contributed by atoms with Gasteiger partial charge in [0.05, 0.1) is 11.3 Å². The average molecular weight is 334 g/mol. The standard InChI is InChI=1S/C19H18N4O2/c24-19-16(10-20-12-22-19)15-9-18(23-17-7-2-1-6-14(15)17)25-11-13-5-3-4-8-21-13/h3-5,8-10,12H,1-2,6-7,11H2,(H,20,22,24). The fourth-order valence-electron chi connectivity index (χ4n) is 3.14. The zero-order chi connectivity index (χ0) is 17.1. The fraction of sp³-hybridized carbons (Fsp3) is 0.263. The van der Waals surface area contributed by atoms with E-state index >= 15 is 0 Å². The summed E-state index contributed by atoms with van der Waals surface area (Å²) >= 11 is 0. The van der Waals surface area contributed by atoms with Crippen molar-refractivity contribution < 1.29 is 9.84 Å². The molecule has 3 aromatic heterocycles. The van der Waals surface area contributed by atoms with Gasteiger partial charge in [-0.1, -0.05) is 6.07 Å². The zero-order valence-electron chi connectivity index (χ0n) is 13.7. The van der Waals surface area contributed by atoms with Crippen LogP contribution in [0, 0.1) is 0 Å². The van der Waals surface area contributed by atoms with Gasteiger partial charge in [0.2, 0.25) is 11.8 Å². The lowest BCUT2D eigenvalue weighted by Crippen LogP contribution is -2.09. The van der Waals surface area contributed by atoms with Crippen molar-refractivity contribution in [1.29, 1.82) is 0 Å². The van der Waals surface area contributed by atoms with Gasteiger partial charge in [0.15, 0.2) is 0 Å². The van der Waals surface area contributed by atoms with E-state index in [1.165, 1.54) is 6.33 Å². The predicted molar refractivity (Wildman–Crippen MR) is 92.1 cm³/mol. The van der Waals surface area contributed by atoms with Crippen LogP contribution in [-0.4, -0.2) is 25.0 Å². The minimum Gasteiger partial charge on any atom is -0.493 e. The van der Waals surface area contributed by atoms with Gasteiger partial charge in [-0.25, -0.2) is 15.0 Å². The smallest absolute Gasteiger partial charge is 0.221 e. The van der Waals surface area contributed by atoms with Crippen molar-refractivity contribution >= 4 is 0 Å². The van der Waals surface area contributed by atoms with Gasteiger partial charge in [-0.05, 0) is 48.9 Å². The van der Waals surface area contributed by atoms with Crippen LogP contribution in [0.15, 0.2) is 43.0 Å². The minimum absolute atomic E-state index is 0.0235. The topological polar surface area (TPSA) is 81.0 Å². The molecule has 0 spiro atoms. The number of nitrogens with zero attached hydrogens (tertiary/aromatic N) is 4. The molecule has 126 valence electrons. The first-order chi connectivity index (χ1) is 12.3. The van der Waals surface area contributed by atoms with Crippen molar-refractivity contribution in [2.45, 2.75) is 32.3 Å². The Kier molecular flexibility index (Phi) is 4.24. The van der Waals surface area contributed by atoms with Gasteiger partial charge in [0.25, 0.3) is 0 Å². The third-order valence-corrected chi connectivity index (χ3v) is 4.35. The molecule has 25 heavy (non-hydrogen) atoms. The van der Waals surface area contributed by atoms with Gasteiger partial charge >= 0.3 is 0 Å². The monoisotopic (exact) mass is 334 g/mol. The number of hydrogen-bond donors (Lipinski definition) is 1. The third-order valence-electron chi connectivity index (χ3n) is 4.35. The fourth-order valence-corrected chi connectivity index (χ4v) is 3.14. The first kappa shape index (κ1) is 15.5. The van der Waals surface area contributed by atoms with Crippen molar-refractivity contribution in [1.82, 2.24) is 19.9 Å². The molecular formula is C19H18N4O2. The van der Waals surface area contributed by atoms with Crippen LogP contribution in [0.4, 0.5) is 0 Å². The number of ether oxygens (including phenoxy) is 1. The van der Waals surface area contributed by atoms with Crippen LogP contribution in [-0.2, 0) is 19.4 Å². The number of aromatic nitrogens is 4. The highest BCUT2D eigenvalue weighted by molar-refractivity contribution is 5.72. The maximum absolute atomic E-state index is 10.1. The Bertz CT molecular complexity index is 884. The molecule has 0 fully saturated rings. The first-order valence-corrected chi connectivity index (χ1v) is 8.36. The second-order valence-corrected chi connectivity index (χ2v) is 6.01. The van der Waals surface area contributed by atoms with Gasteiger partial charge < -0.3 is 9.84 Å². The van der Waals surface area contributed by atoms with E-state index in [4.69, 9.17) is 4.74 Å². The summed E-state index contributed by atoms with van der Waals surface area (Å²) in [6.45, 7) is 0.351. The average Bonchev–Trinajstić information content (AvgIpc) is 2.67. The SMILES string of the molecule is Oc1ncncc1-c1cc(OCc2ccccn2)nc2c1CCCC2. The summed E-state index contributed by atoms with van der Waals surface area (Å²) in [6.07, 6.45) is 8.79. The second kappa shape index (κ2) is 6.84. The van der Waals surface area contributed by atoms with Gasteiger partial charge in [-0.15, -0.1) is 0 Å². The Morgan fingerprint density at radius 1 is 1.08 bits per heavy atom. The summed E-state index contributed by atoms with van der Waals surface area (Å²) in [7, 11) is 0. The molecule has 0 saturated carbocycles. The highest BCUT2D eigenvalue weighted by Crippen LogP contribution is 2.36. The lowest BCUT2D eigenvalue weighted by Gasteiger charge is -2.20.